The predicted octanol–water partition coefficient (Wildman–Crippen LogP) is 2.35. The standard InChI is InChI=1S/C10H10Cl2O3S/c1-7-5-3-4-6-8(7)9(13)10(11,12)16(2,14)15/h3-6H,1-2H3. The van der Waals surface area contributed by atoms with Gasteiger partial charge in [0.2, 0.25) is 5.78 Å². The minimum absolute atomic E-state index is 0.206. The maximum atomic E-state index is 11.9. The number of alkyl halides is 2. The molecule has 0 radical (unpaired) electrons. The van der Waals surface area contributed by atoms with Gasteiger partial charge in [0.05, 0.1) is 0 Å². The Morgan fingerprint density at radius 1 is 1.25 bits per heavy atom. The molecule has 0 unspecified atom stereocenters. The topological polar surface area (TPSA) is 51.2 Å². The smallest absolute Gasteiger partial charge is 0.280 e. The summed E-state index contributed by atoms with van der Waals surface area (Å²) in [6.45, 7) is 1.68. The van der Waals surface area contributed by atoms with Crippen LogP contribution in [0.25, 0.3) is 0 Å². The number of sulfone groups is 1. The number of halogens is 2. The van der Waals surface area contributed by atoms with Crippen LogP contribution in [0.3, 0.4) is 0 Å². The normalized spacial score (nSPS) is 12.5. The van der Waals surface area contributed by atoms with Crippen LogP contribution < -0.4 is 0 Å². The monoisotopic (exact) mass is 280 g/mol. The average molecular weight is 281 g/mol. The number of Topliss-reactive ketones (excluding diaryl/α,β-unsaturated/α-hetero) is 1. The van der Waals surface area contributed by atoms with E-state index in [0.29, 0.717) is 5.56 Å². The lowest BCUT2D eigenvalue weighted by atomic mass is 10.1. The number of ketones is 1. The number of aryl methyl sites for hydroxylation is 1. The van der Waals surface area contributed by atoms with Crippen molar-refractivity contribution >= 4 is 38.8 Å². The number of hydrogen-bond donors (Lipinski definition) is 0. The minimum atomic E-state index is -3.89. The van der Waals surface area contributed by atoms with Gasteiger partial charge in [0.25, 0.3) is 3.67 Å². The molecule has 1 aromatic carbocycles. The van der Waals surface area contributed by atoms with Gasteiger partial charge in [-0.3, -0.25) is 4.79 Å². The quantitative estimate of drug-likeness (QED) is 0.631. The summed E-state index contributed by atoms with van der Waals surface area (Å²) in [5.41, 5.74) is 0.833. The van der Waals surface area contributed by atoms with E-state index in [0.717, 1.165) is 6.26 Å². The molecule has 1 aromatic rings. The van der Waals surface area contributed by atoms with Crippen molar-refractivity contribution in [2.75, 3.05) is 6.26 Å². The molecule has 0 atom stereocenters. The Balaban J connectivity index is 3.29. The van der Waals surface area contributed by atoms with Crippen LogP contribution in [0.1, 0.15) is 15.9 Å². The molecule has 0 saturated carbocycles. The molecule has 16 heavy (non-hydrogen) atoms. The highest BCUT2D eigenvalue weighted by molar-refractivity contribution is 7.95. The van der Waals surface area contributed by atoms with E-state index in [1.165, 1.54) is 6.07 Å². The van der Waals surface area contributed by atoms with E-state index in [9.17, 15) is 13.2 Å². The zero-order valence-electron chi connectivity index (χ0n) is 8.70. The van der Waals surface area contributed by atoms with Crippen molar-refractivity contribution < 1.29 is 13.2 Å². The number of hydrogen-bond acceptors (Lipinski definition) is 3. The average Bonchev–Trinajstić information content (AvgIpc) is 2.15. The van der Waals surface area contributed by atoms with Gasteiger partial charge in [-0.2, -0.15) is 0 Å². The molecule has 88 valence electrons. The zero-order valence-corrected chi connectivity index (χ0v) is 11.0. The molecule has 0 amide bonds. The number of benzene rings is 1. The number of carbonyl (C=O) groups is 1. The van der Waals surface area contributed by atoms with Gasteiger partial charge in [-0.25, -0.2) is 8.42 Å². The van der Waals surface area contributed by atoms with Crippen molar-refractivity contribution in [2.45, 2.75) is 10.6 Å². The summed E-state index contributed by atoms with van der Waals surface area (Å²) in [6, 6.07) is 6.52. The van der Waals surface area contributed by atoms with Crippen LogP contribution in [0, 0.1) is 6.92 Å². The molecule has 0 saturated heterocycles. The Morgan fingerprint density at radius 2 is 1.75 bits per heavy atom. The lowest BCUT2D eigenvalue weighted by Gasteiger charge is -2.16. The summed E-state index contributed by atoms with van der Waals surface area (Å²) in [4.78, 5) is 11.9. The van der Waals surface area contributed by atoms with E-state index in [-0.39, 0.29) is 5.56 Å². The largest absolute Gasteiger partial charge is 0.290 e. The Labute approximate surface area is 104 Å². The summed E-state index contributed by atoms with van der Waals surface area (Å²) < 4.78 is 20.2. The fourth-order valence-electron chi connectivity index (χ4n) is 1.15. The molecule has 0 fully saturated rings. The lowest BCUT2D eigenvalue weighted by Crippen LogP contribution is -2.35. The Morgan fingerprint density at radius 3 is 2.19 bits per heavy atom. The van der Waals surface area contributed by atoms with E-state index in [2.05, 4.69) is 0 Å². The molecule has 0 heterocycles. The third kappa shape index (κ3) is 2.39. The van der Waals surface area contributed by atoms with Gasteiger partial charge in [0.15, 0.2) is 9.84 Å². The molecular formula is C10H10Cl2O3S. The van der Waals surface area contributed by atoms with Crippen molar-refractivity contribution in [3.05, 3.63) is 35.4 Å². The van der Waals surface area contributed by atoms with E-state index in [1.54, 1.807) is 25.1 Å². The van der Waals surface area contributed by atoms with Gasteiger partial charge in [0, 0.05) is 11.8 Å². The van der Waals surface area contributed by atoms with Gasteiger partial charge in [0.1, 0.15) is 0 Å². The predicted molar refractivity (Wildman–Crippen MR) is 64.8 cm³/mol. The summed E-state index contributed by atoms with van der Waals surface area (Å²) in [5, 5.41) is 0. The highest BCUT2D eigenvalue weighted by atomic mass is 35.5. The van der Waals surface area contributed by atoms with Crippen molar-refractivity contribution in [2.24, 2.45) is 0 Å². The Hall–Kier alpha value is -0.580. The number of carbonyl (C=O) groups excluding carboxylic acids is 1. The van der Waals surface area contributed by atoms with Crippen LogP contribution in [-0.4, -0.2) is 24.1 Å². The second-order valence-electron chi connectivity index (χ2n) is 3.43. The van der Waals surface area contributed by atoms with E-state index >= 15 is 0 Å². The first kappa shape index (κ1) is 13.5. The van der Waals surface area contributed by atoms with Gasteiger partial charge >= 0.3 is 0 Å². The number of rotatable bonds is 3. The van der Waals surface area contributed by atoms with E-state index in [4.69, 9.17) is 23.2 Å². The van der Waals surface area contributed by atoms with Crippen LogP contribution >= 0.6 is 23.2 Å². The molecule has 0 aliphatic rings. The molecule has 0 bridgehead atoms. The van der Waals surface area contributed by atoms with Gasteiger partial charge in [-0.15, -0.1) is 0 Å². The van der Waals surface area contributed by atoms with Crippen molar-refractivity contribution in [1.82, 2.24) is 0 Å². The van der Waals surface area contributed by atoms with Gasteiger partial charge in [-0.05, 0) is 12.5 Å². The van der Waals surface area contributed by atoms with Crippen LogP contribution in [0.2, 0.25) is 0 Å². The third-order valence-electron chi connectivity index (χ3n) is 2.12. The second-order valence-corrected chi connectivity index (χ2v) is 7.37. The van der Waals surface area contributed by atoms with Gasteiger partial charge < -0.3 is 0 Å². The van der Waals surface area contributed by atoms with Crippen molar-refractivity contribution in [3.63, 3.8) is 0 Å². The maximum absolute atomic E-state index is 11.9. The fourth-order valence-corrected chi connectivity index (χ4v) is 1.80. The second kappa shape index (κ2) is 4.35. The third-order valence-corrected chi connectivity index (χ3v) is 5.26. The Kier molecular flexibility index (Phi) is 3.67. The van der Waals surface area contributed by atoms with E-state index in [1.807, 2.05) is 0 Å². The summed E-state index contributed by atoms with van der Waals surface area (Å²) in [7, 11) is -3.89. The zero-order chi connectivity index (χ0) is 12.6. The SMILES string of the molecule is Cc1ccccc1C(=O)C(Cl)(Cl)S(C)(=O)=O. The molecule has 0 aliphatic heterocycles. The maximum Gasteiger partial charge on any atom is 0.280 e. The first-order chi connectivity index (χ1) is 7.18. The molecule has 0 aliphatic carbocycles. The Bertz CT molecular complexity index is 521. The fraction of sp³-hybridized carbons (Fsp3) is 0.300. The first-order valence-corrected chi connectivity index (χ1v) is 7.00. The van der Waals surface area contributed by atoms with Crippen LogP contribution in [0.4, 0.5) is 0 Å². The molecule has 0 aromatic heterocycles. The van der Waals surface area contributed by atoms with Crippen LogP contribution in [-0.2, 0) is 9.84 Å². The molecular weight excluding hydrogens is 271 g/mol. The lowest BCUT2D eigenvalue weighted by molar-refractivity contribution is 0.0995. The minimum Gasteiger partial charge on any atom is -0.290 e. The highest BCUT2D eigenvalue weighted by Crippen LogP contribution is 2.32. The van der Waals surface area contributed by atoms with Gasteiger partial charge in [-0.1, -0.05) is 47.5 Å². The molecule has 6 heteroatoms. The van der Waals surface area contributed by atoms with E-state index < -0.39 is 19.3 Å². The first-order valence-electron chi connectivity index (χ1n) is 4.36. The molecule has 0 N–H and O–H groups in total. The van der Waals surface area contributed by atoms with Crippen LogP contribution in [0.15, 0.2) is 24.3 Å². The summed E-state index contributed by atoms with van der Waals surface area (Å²) >= 11 is 11.2. The molecule has 1 rings (SSSR count). The molecule has 3 nitrogen and oxygen atoms in total. The highest BCUT2D eigenvalue weighted by Gasteiger charge is 2.45. The molecule has 0 spiro atoms. The summed E-state index contributed by atoms with van der Waals surface area (Å²) in [5.74, 6) is -0.823. The van der Waals surface area contributed by atoms with Crippen LogP contribution in [0.5, 0.6) is 0 Å². The summed E-state index contributed by atoms with van der Waals surface area (Å²) in [6.07, 6.45) is 0.823. The van der Waals surface area contributed by atoms with Crippen molar-refractivity contribution in [1.29, 1.82) is 0 Å². The van der Waals surface area contributed by atoms with Crippen molar-refractivity contribution in [3.8, 4) is 0 Å².